The van der Waals surface area contributed by atoms with Gasteiger partial charge in [0.15, 0.2) is 5.78 Å². The van der Waals surface area contributed by atoms with E-state index in [1.54, 1.807) is 7.05 Å². The Morgan fingerprint density at radius 2 is 1.69 bits per heavy atom. The molecular formula is C25H29N3O4. The van der Waals surface area contributed by atoms with Crippen LogP contribution in [0.25, 0.3) is 22.2 Å². The first-order valence-electron chi connectivity index (χ1n) is 11.0. The third kappa shape index (κ3) is 3.66. The number of carbonyl (C=O) groups excluding carboxylic acids is 1. The zero-order valence-electron chi connectivity index (χ0n) is 19.3. The first-order valence-corrected chi connectivity index (χ1v) is 11.0. The monoisotopic (exact) mass is 435 g/mol. The van der Waals surface area contributed by atoms with Crippen LogP contribution in [0.4, 0.5) is 0 Å². The van der Waals surface area contributed by atoms with Gasteiger partial charge in [-0.25, -0.2) is 9.78 Å². The Hall–Kier alpha value is -3.22. The average Bonchev–Trinajstić information content (AvgIpc) is 2.75. The Morgan fingerprint density at radius 1 is 1.00 bits per heavy atom. The van der Waals surface area contributed by atoms with Crippen LogP contribution in [0.15, 0.2) is 33.9 Å². The van der Waals surface area contributed by atoms with Crippen LogP contribution in [0.5, 0.6) is 5.75 Å². The largest absolute Gasteiger partial charge is 0.494 e. The van der Waals surface area contributed by atoms with E-state index in [1.807, 2.05) is 38.1 Å². The molecular weight excluding hydrogens is 406 g/mol. The second-order valence-corrected chi connectivity index (χ2v) is 9.38. The molecule has 1 aliphatic rings. The van der Waals surface area contributed by atoms with Crippen molar-refractivity contribution in [1.29, 1.82) is 0 Å². The summed E-state index contributed by atoms with van der Waals surface area (Å²) in [5.41, 5.74) is 1.60. The Labute approximate surface area is 186 Å². The number of pyridine rings is 1. The van der Waals surface area contributed by atoms with Crippen LogP contribution in [-0.4, -0.2) is 26.5 Å². The first kappa shape index (κ1) is 22.0. The number of unbranched alkanes of at least 4 members (excludes halogenated alkanes) is 1. The van der Waals surface area contributed by atoms with Crippen molar-refractivity contribution < 1.29 is 9.53 Å². The summed E-state index contributed by atoms with van der Waals surface area (Å²) in [6.45, 7) is 6.81. The fraction of sp³-hybridized carbons (Fsp3) is 0.440. The normalized spacial score (nSPS) is 15.1. The Bertz CT molecular complexity index is 1330. The molecule has 7 heteroatoms. The van der Waals surface area contributed by atoms with Gasteiger partial charge in [-0.05, 0) is 36.0 Å². The van der Waals surface area contributed by atoms with E-state index in [1.165, 1.54) is 11.6 Å². The van der Waals surface area contributed by atoms with Crippen LogP contribution < -0.4 is 16.0 Å². The molecule has 0 spiro atoms. The van der Waals surface area contributed by atoms with Gasteiger partial charge in [-0.3, -0.25) is 18.7 Å². The number of ether oxygens (including phenoxy) is 1. The van der Waals surface area contributed by atoms with Crippen molar-refractivity contribution in [2.24, 2.45) is 19.5 Å². The van der Waals surface area contributed by atoms with Crippen molar-refractivity contribution in [1.82, 2.24) is 14.1 Å². The Balaban J connectivity index is 2.02. The minimum atomic E-state index is -0.450. The number of nitrogens with zero attached hydrogens (tertiary/aromatic N) is 3. The number of rotatable bonds is 5. The summed E-state index contributed by atoms with van der Waals surface area (Å²) in [6, 6.07) is 7.45. The number of hydrogen-bond donors (Lipinski definition) is 0. The summed E-state index contributed by atoms with van der Waals surface area (Å²) in [7, 11) is 3.05. The number of hydrogen-bond acceptors (Lipinski definition) is 5. The lowest BCUT2D eigenvalue weighted by molar-refractivity contribution is 0.0911. The van der Waals surface area contributed by atoms with Gasteiger partial charge >= 0.3 is 5.69 Å². The molecule has 0 N–H and O–H groups in total. The molecule has 0 amide bonds. The lowest BCUT2D eigenvalue weighted by Crippen LogP contribution is -2.38. The Kier molecular flexibility index (Phi) is 5.53. The van der Waals surface area contributed by atoms with Crippen molar-refractivity contribution in [3.8, 4) is 16.9 Å². The summed E-state index contributed by atoms with van der Waals surface area (Å²) < 4.78 is 8.23. The van der Waals surface area contributed by atoms with Crippen LogP contribution in [0.2, 0.25) is 0 Å². The summed E-state index contributed by atoms with van der Waals surface area (Å²) in [4.78, 5) is 43.8. The summed E-state index contributed by atoms with van der Waals surface area (Å²) in [5, 5.41) is 0.293. The highest BCUT2D eigenvalue weighted by Crippen LogP contribution is 2.40. The smallest absolute Gasteiger partial charge is 0.332 e. The second-order valence-electron chi connectivity index (χ2n) is 9.38. The standard InChI is InChI=1S/C25H29N3O4/c1-6-7-12-32-16-10-8-15(9-11-16)19-20-17(13-25(2,3)14-18(20)29)26-22-21(19)23(30)28(5)24(31)27(22)4/h8-11H,6-7,12-14H2,1-5H3. The third-order valence-corrected chi connectivity index (χ3v) is 6.14. The quantitative estimate of drug-likeness (QED) is 0.572. The van der Waals surface area contributed by atoms with Crippen molar-refractivity contribution in [3.05, 3.63) is 56.4 Å². The van der Waals surface area contributed by atoms with Crippen LogP contribution in [0.1, 0.15) is 56.1 Å². The predicted octanol–water partition coefficient (Wildman–Crippen LogP) is 3.63. The molecule has 1 aromatic carbocycles. The highest BCUT2D eigenvalue weighted by Gasteiger charge is 2.36. The lowest BCUT2D eigenvalue weighted by Gasteiger charge is -2.31. The SMILES string of the molecule is CCCCOc1ccc(-c2c3c(nc4c2c(=O)n(C)c(=O)n4C)CC(C)(C)CC3=O)cc1. The maximum atomic E-state index is 13.3. The van der Waals surface area contributed by atoms with Crippen molar-refractivity contribution >= 4 is 16.8 Å². The number of aryl methyl sites for hydroxylation is 1. The summed E-state index contributed by atoms with van der Waals surface area (Å²) in [5.74, 6) is 0.710. The predicted molar refractivity (Wildman–Crippen MR) is 124 cm³/mol. The Morgan fingerprint density at radius 3 is 2.34 bits per heavy atom. The molecule has 7 nitrogen and oxygen atoms in total. The molecule has 0 saturated carbocycles. The molecule has 4 rings (SSSR count). The van der Waals surface area contributed by atoms with Gasteiger partial charge in [0.25, 0.3) is 5.56 Å². The fourth-order valence-corrected chi connectivity index (χ4v) is 4.44. The summed E-state index contributed by atoms with van der Waals surface area (Å²) >= 11 is 0. The molecule has 0 bridgehead atoms. The van der Waals surface area contributed by atoms with Gasteiger partial charge in [-0.1, -0.05) is 39.3 Å². The van der Waals surface area contributed by atoms with Crippen molar-refractivity contribution in [3.63, 3.8) is 0 Å². The molecule has 0 unspecified atom stereocenters. The molecule has 0 aliphatic heterocycles. The van der Waals surface area contributed by atoms with E-state index in [2.05, 4.69) is 11.9 Å². The van der Waals surface area contributed by atoms with E-state index in [9.17, 15) is 14.4 Å². The van der Waals surface area contributed by atoms with Crippen molar-refractivity contribution in [2.45, 2.75) is 46.5 Å². The van der Waals surface area contributed by atoms with Crippen LogP contribution >= 0.6 is 0 Å². The van der Waals surface area contributed by atoms with Crippen LogP contribution in [0.3, 0.4) is 0 Å². The fourth-order valence-electron chi connectivity index (χ4n) is 4.44. The molecule has 2 aromatic heterocycles. The molecule has 0 saturated heterocycles. The second kappa shape index (κ2) is 8.04. The maximum absolute atomic E-state index is 13.3. The molecule has 168 valence electrons. The van der Waals surface area contributed by atoms with Crippen molar-refractivity contribution in [2.75, 3.05) is 6.61 Å². The molecule has 3 aromatic rings. The number of aromatic nitrogens is 3. The molecule has 0 atom stereocenters. The van der Waals surface area contributed by atoms with E-state index in [4.69, 9.17) is 4.74 Å². The van der Waals surface area contributed by atoms with E-state index in [0.29, 0.717) is 47.3 Å². The lowest BCUT2D eigenvalue weighted by atomic mass is 9.73. The number of Topliss-reactive ketones (excluding diaryl/α,β-unsaturated/α-hetero) is 1. The van der Waals surface area contributed by atoms with Crippen LogP contribution in [-0.2, 0) is 20.5 Å². The van der Waals surface area contributed by atoms with E-state index in [0.717, 1.165) is 28.7 Å². The number of fused-ring (bicyclic) bond motifs is 2. The van der Waals surface area contributed by atoms with Gasteiger partial charge in [0.1, 0.15) is 11.4 Å². The van der Waals surface area contributed by atoms with Gasteiger partial charge in [0.05, 0.1) is 17.7 Å². The van der Waals surface area contributed by atoms with Gasteiger partial charge in [0, 0.05) is 31.6 Å². The zero-order valence-corrected chi connectivity index (χ0v) is 19.3. The number of carbonyl (C=O) groups is 1. The van der Waals surface area contributed by atoms with E-state index in [-0.39, 0.29) is 11.2 Å². The highest BCUT2D eigenvalue weighted by molar-refractivity contribution is 6.10. The van der Waals surface area contributed by atoms with Gasteiger partial charge in [0.2, 0.25) is 0 Å². The zero-order chi connectivity index (χ0) is 23.2. The number of benzene rings is 1. The van der Waals surface area contributed by atoms with Gasteiger partial charge < -0.3 is 4.74 Å². The molecule has 32 heavy (non-hydrogen) atoms. The molecule has 0 radical (unpaired) electrons. The minimum absolute atomic E-state index is 0.0279. The summed E-state index contributed by atoms with van der Waals surface area (Å²) in [6.07, 6.45) is 3.00. The highest BCUT2D eigenvalue weighted by atomic mass is 16.5. The van der Waals surface area contributed by atoms with Crippen LogP contribution in [0, 0.1) is 5.41 Å². The third-order valence-electron chi connectivity index (χ3n) is 6.14. The molecule has 0 fully saturated rings. The van der Waals surface area contributed by atoms with E-state index >= 15 is 0 Å². The van der Waals surface area contributed by atoms with E-state index < -0.39 is 11.2 Å². The molecule has 1 aliphatic carbocycles. The maximum Gasteiger partial charge on any atom is 0.332 e. The average molecular weight is 436 g/mol. The first-order chi connectivity index (χ1) is 15.1. The van der Waals surface area contributed by atoms with Gasteiger partial charge in [-0.2, -0.15) is 0 Å². The van der Waals surface area contributed by atoms with Gasteiger partial charge in [-0.15, -0.1) is 0 Å². The topological polar surface area (TPSA) is 83.2 Å². The molecule has 2 heterocycles. The minimum Gasteiger partial charge on any atom is -0.494 e. The number of ketones is 1.